The molecule has 0 radical (unpaired) electrons. The van der Waals surface area contributed by atoms with Crippen LogP contribution in [0.2, 0.25) is 0 Å². The quantitative estimate of drug-likeness (QED) is 0.903. The Balaban J connectivity index is 2.18. The van der Waals surface area contributed by atoms with Gasteiger partial charge in [0.2, 0.25) is 0 Å². The van der Waals surface area contributed by atoms with E-state index >= 15 is 0 Å². The minimum absolute atomic E-state index is 0.103. The number of aryl methyl sites for hydroxylation is 1. The van der Waals surface area contributed by atoms with Gasteiger partial charge in [0.05, 0.1) is 12.2 Å². The molecule has 0 aliphatic carbocycles. The fourth-order valence-corrected chi connectivity index (χ4v) is 1.71. The number of nitrogens with one attached hydrogen (secondary N) is 1. The van der Waals surface area contributed by atoms with Crippen LogP contribution in [0.25, 0.3) is 0 Å². The van der Waals surface area contributed by atoms with Crippen LogP contribution in [0.5, 0.6) is 0 Å². The highest BCUT2D eigenvalue weighted by atomic mass is 19.1. The van der Waals surface area contributed by atoms with Gasteiger partial charge in [-0.2, -0.15) is 5.10 Å². The van der Waals surface area contributed by atoms with Crippen LogP contribution in [-0.2, 0) is 6.54 Å². The molecule has 3 nitrogen and oxygen atoms in total. The van der Waals surface area contributed by atoms with E-state index in [9.17, 15) is 8.78 Å². The average Bonchev–Trinajstić information content (AvgIpc) is 2.82. The lowest BCUT2D eigenvalue weighted by Crippen LogP contribution is -2.09. The highest BCUT2D eigenvalue weighted by Crippen LogP contribution is 2.23. The Hall–Kier alpha value is -1.91. The zero-order chi connectivity index (χ0) is 13.1. The van der Waals surface area contributed by atoms with Crippen molar-refractivity contribution in [1.82, 2.24) is 9.78 Å². The van der Waals surface area contributed by atoms with Crippen LogP contribution >= 0.6 is 0 Å². The molecular weight excluding hydrogens is 236 g/mol. The summed E-state index contributed by atoms with van der Waals surface area (Å²) in [6.07, 6.45) is 3.55. The fourth-order valence-electron chi connectivity index (χ4n) is 1.71. The maximum Gasteiger partial charge on any atom is 0.149 e. The van der Waals surface area contributed by atoms with Crippen molar-refractivity contribution in [2.24, 2.45) is 0 Å². The van der Waals surface area contributed by atoms with E-state index in [0.717, 1.165) is 12.1 Å². The summed E-state index contributed by atoms with van der Waals surface area (Å²) in [6, 6.07) is 3.59. The van der Waals surface area contributed by atoms with Crippen LogP contribution in [0.1, 0.15) is 25.5 Å². The molecule has 0 fully saturated rings. The Kier molecular flexibility index (Phi) is 3.60. The van der Waals surface area contributed by atoms with Crippen molar-refractivity contribution in [3.05, 3.63) is 47.8 Å². The minimum Gasteiger partial charge on any atom is -0.374 e. The first kappa shape index (κ1) is 12.5. The molecule has 0 saturated heterocycles. The number of para-hydroxylation sites is 1. The SMILES string of the molecule is CCn1cc(C(C)Nc2c(F)cccc2F)cn1. The largest absolute Gasteiger partial charge is 0.374 e. The lowest BCUT2D eigenvalue weighted by Gasteiger charge is -2.14. The normalized spacial score (nSPS) is 12.4. The Labute approximate surface area is 104 Å². The monoisotopic (exact) mass is 251 g/mol. The van der Waals surface area contributed by atoms with Crippen molar-refractivity contribution < 1.29 is 8.78 Å². The summed E-state index contributed by atoms with van der Waals surface area (Å²) in [6.45, 7) is 4.58. The van der Waals surface area contributed by atoms with Gasteiger partial charge in [0.1, 0.15) is 17.3 Å². The second-order valence-corrected chi connectivity index (χ2v) is 4.09. The molecular formula is C13H15F2N3. The van der Waals surface area contributed by atoms with Gasteiger partial charge in [0.15, 0.2) is 0 Å². The molecule has 1 N–H and O–H groups in total. The molecule has 1 unspecified atom stereocenters. The topological polar surface area (TPSA) is 29.9 Å². The summed E-state index contributed by atoms with van der Waals surface area (Å²) >= 11 is 0. The molecule has 0 aliphatic heterocycles. The van der Waals surface area contributed by atoms with Gasteiger partial charge in [0, 0.05) is 18.3 Å². The summed E-state index contributed by atoms with van der Waals surface area (Å²) in [7, 11) is 0. The second-order valence-electron chi connectivity index (χ2n) is 4.09. The van der Waals surface area contributed by atoms with Crippen LogP contribution in [-0.4, -0.2) is 9.78 Å². The standard InChI is InChI=1S/C13H15F2N3/c1-3-18-8-10(7-16-18)9(2)17-13-11(14)5-4-6-12(13)15/h4-9,17H,3H2,1-2H3. The van der Waals surface area contributed by atoms with Crippen molar-refractivity contribution in [1.29, 1.82) is 0 Å². The van der Waals surface area contributed by atoms with E-state index in [1.165, 1.54) is 18.2 Å². The molecule has 1 atom stereocenters. The maximum absolute atomic E-state index is 13.5. The molecule has 0 aliphatic rings. The summed E-state index contributed by atoms with van der Waals surface area (Å²) < 4.78 is 28.7. The predicted molar refractivity (Wildman–Crippen MR) is 66.3 cm³/mol. The van der Waals surface area contributed by atoms with E-state index in [2.05, 4.69) is 10.4 Å². The van der Waals surface area contributed by atoms with E-state index < -0.39 is 11.6 Å². The van der Waals surface area contributed by atoms with E-state index in [1.807, 2.05) is 20.0 Å². The molecule has 0 saturated carbocycles. The third-order valence-electron chi connectivity index (χ3n) is 2.80. The number of anilines is 1. The Morgan fingerprint density at radius 1 is 1.33 bits per heavy atom. The molecule has 0 bridgehead atoms. The average molecular weight is 251 g/mol. The Morgan fingerprint density at radius 2 is 2.00 bits per heavy atom. The number of hydrogen-bond donors (Lipinski definition) is 1. The number of aromatic nitrogens is 2. The summed E-state index contributed by atoms with van der Waals surface area (Å²) in [5, 5.41) is 6.96. The first-order valence-corrected chi connectivity index (χ1v) is 5.84. The fraction of sp³-hybridized carbons (Fsp3) is 0.308. The smallest absolute Gasteiger partial charge is 0.149 e. The second kappa shape index (κ2) is 5.16. The van der Waals surface area contributed by atoms with E-state index in [4.69, 9.17) is 0 Å². The number of rotatable bonds is 4. The zero-order valence-corrected chi connectivity index (χ0v) is 10.3. The highest BCUT2D eigenvalue weighted by Gasteiger charge is 2.13. The molecule has 2 rings (SSSR count). The molecule has 1 aromatic carbocycles. The summed E-state index contributed by atoms with van der Waals surface area (Å²) in [5.74, 6) is -1.19. The maximum atomic E-state index is 13.5. The van der Waals surface area contributed by atoms with Crippen molar-refractivity contribution in [2.45, 2.75) is 26.4 Å². The Bertz CT molecular complexity index is 517. The molecule has 5 heteroatoms. The van der Waals surface area contributed by atoms with Gasteiger partial charge in [-0.25, -0.2) is 8.78 Å². The first-order valence-electron chi connectivity index (χ1n) is 5.84. The van der Waals surface area contributed by atoms with Gasteiger partial charge >= 0.3 is 0 Å². The van der Waals surface area contributed by atoms with Crippen LogP contribution in [0.15, 0.2) is 30.6 Å². The van der Waals surface area contributed by atoms with Crippen LogP contribution < -0.4 is 5.32 Å². The molecule has 2 aromatic rings. The van der Waals surface area contributed by atoms with Crippen LogP contribution in [0.4, 0.5) is 14.5 Å². The van der Waals surface area contributed by atoms with Gasteiger partial charge in [-0.05, 0) is 26.0 Å². The van der Waals surface area contributed by atoms with Crippen molar-refractivity contribution in [2.75, 3.05) is 5.32 Å². The van der Waals surface area contributed by atoms with Gasteiger partial charge in [-0.15, -0.1) is 0 Å². The van der Waals surface area contributed by atoms with E-state index in [-0.39, 0.29) is 11.7 Å². The van der Waals surface area contributed by atoms with Gasteiger partial charge in [-0.3, -0.25) is 4.68 Å². The number of benzene rings is 1. The van der Waals surface area contributed by atoms with Gasteiger partial charge in [-0.1, -0.05) is 6.07 Å². The highest BCUT2D eigenvalue weighted by molar-refractivity contribution is 5.47. The third kappa shape index (κ3) is 2.50. The van der Waals surface area contributed by atoms with Gasteiger partial charge in [0.25, 0.3) is 0 Å². The Morgan fingerprint density at radius 3 is 2.56 bits per heavy atom. The number of halogens is 2. The van der Waals surface area contributed by atoms with Crippen molar-refractivity contribution >= 4 is 5.69 Å². The summed E-state index contributed by atoms with van der Waals surface area (Å²) in [4.78, 5) is 0. The molecule has 1 aromatic heterocycles. The molecule has 0 amide bonds. The number of hydrogen-bond acceptors (Lipinski definition) is 2. The molecule has 18 heavy (non-hydrogen) atoms. The molecule has 0 spiro atoms. The van der Waals surface area contributed by atoms with Crippen molar-refractivity contribution in [3.63, 3.8) is 0 Å². The first-order chi connectivity index (χ1) is 8.61. The van der Waals surface area contributed by atoms with Crippen LogP contribution in [0.3, 0.4) is 0 Å². The summed E-state index contributed by atoms with van der Waals surface area (Å²) in [5.41, 5.74) is 0.786. The van der Waals surface area contributed by atoms with E-state index in [1.54, 1.807) is 10.9 Å². The predicted octanol–water partition coefficient (Wildman–Crippen LogP) is 3.35. The number of nitrogens with zero attached hydrogens (tertiary/aromatic N) is 2. The lowest BCUT2D eigenvalue weighted by molar-refractivity contribution is 0.584. The van der Waals surface area contributed by atoms with E-state index in [0.29, 0.717) is 0 Å². The third-order valence-corrected chi connectivity index (χ3v) is 2.80. The van der Waals surface area contributed by atoms with Crippen molar-refractivity contribution in [3.8, 4) is 0 Å². The molecule has 1 heterocycles. The minimum atomic E-state index is -0.593. The van der Waals surface area contributed by atoms with Gasteiger partial charge < -0.3 is 5.32 Å². The van der Waals surface area contributed by atoms with Crippen LogP contribution in [0, 0.1) is 11.6 Å². The molecule has 96 valence electrons. The lowest BCUT2D eigenvalue weighted by atomic mass is 10.1. The zero-order valence-electron chi connectivity index (χ0n) is 10.3.